The van der Waals surface area contributed by atoms with Crippen LogP contribution < -0.4 is 5.48 Å². The maximum absolute atomic E-state index is 10.0. The summed E-state index contributed by atoms with van der Waals surface area (Å²) in [6.45, 7) is 0.683. The van der Waals surface area contributed by atoms with Gasteiger partial charge in [0.1, 0.15) is 12.7 Å². The molecule has 0 spiro atoms. The minimum Gasteiger partial charge on any atom is -0.445 e. The molecule has 144 valence electrons. The smallest absolute Gasteiger partial charge is 0.384 e. The molecule has 0 aromatic rings. The van der Waals surface area contributed by atoms with E-state index in [1.165, 1.54) is 19.3 Å². The maximum Gasteiger partial charge on any atom is 0.384 e. The van der Waals surface area contributed by atoms with Crippen LogP contribution in [0.5, 0.6) is 0 Å². The van der Waals surface area contributed by atoms with Gasteiger partial charge in [-0.05, 0) is 32.1 Å². The van der Waals surface area contributed by atoms with Crippen LogP contribution in [-0.2, 0) is 19.1 Å². The van der Waals surface area contributed by atoms with E-state index in [0.29, 0.717) is 24.9 Å². The fourth-order valence-electron chi connectivity index (χ4n) is 3.42. The molecule has 2 N–H and O–H groups in total. The molecule has 7 nitrogen and oxygen atoms in total. The molecule has 4 atom stereocenters. The molecule has 2 fully saturated rings. The van der Waals surface area contributed by atoms with Crippen molar-refractivity contribution < 1.29 is 24.2 Å². The number of hydrogen-bond acceptors (Lipinski definition) is 7. The monoisotopic (exact) mass is 468 g/mol. The number of aliphatic hydroxyl groups excluding tert-OH is 1. The molecule has 4 unspecified atom stereocenters. The molecule has 25 heavy (non-hydrogen) atoms. The summed E-state index contributed by atoms with van der Waals surface area (Å²) in [5.74, 6) is 0.342. The Hall–Kier alpha value is -0.450. The number of nitrogens with one attached hydrogen (secondary N) is 1. The second-order valence-corrected chi connectivity index (χ2v) is 7.34. The van der Waals surface area contributed by atoms with E-state index in [1.807, 2.05) is 0 Å². The van der Waals surface area contributed by atoms with E-state index in [-0.39, 0.29) is 24.9 Å². The zero-order valence-corrected chi connectivity index (χ0v) is 16.7. The van der Waals surface area contributed by atoms with Gasteiger partial charge in [0.25, 0.3) is 0 Å². The molecule has 3 rings (SSSR count). The number of carbonyl (C=O) groups excluding carboxylic acids is 1. The van der Waals surface area contributed by atoms with Gasteiger partial charge in [-0.15, -0.1) is 0 Å². The van der Waals surface area contributed by atoms with Gasteiger partial charge in [-0.1, -0.05) is 41.9 Å². The van der Waals surface area contributed by atoms with Crippen molar-refractivity contribution >= 4 is 35.0 Å². The third-order valence-corrected chi connectivity index (χ3v) is 5.10. The van der Waals surface area contributed by atoms with E-state index >= 15 is 0 Å². The normalized spacial score (nSPS) is 31.0. The quantitative estimate of drug-likeness (QED) is 0.155. The lowest BCUT2D eigenvalue weighted by molar-refractivity contribution is -0.110. The number of fused-ring (bicyclic) bond motifs is 1. The molecule has 8 heteroatoms. The molecule has 0 aromatic carbocycles. The van der Waals surface area contributed by atoms with E-state index in [2.05, 4.69) is 33.1 Å². The highest BCUT2D eigenvalue weighted by atomic mass is 127. The van der Waals surface area contributed by atoms with Crippen molar-refractivity contribution in [1.29, 1.82) is 0 Å². The molecule has 1 aliphatic heterocycles. The largest absolute Gasteiger partial charge is 0.445 e. The van der Waals surface area contributed by atoms with Gasteiger partial charge in [-0.3, -0.25) is 4.79 Å². The number of aldehydes is 1. The standard InChI is InChI=1S/C9H13NO3.C8H16INO2/c11-5-6-12-9-10-7-3-1-2-4-8(7)13-9;9-6-10-12-5-7-3-1-2-4-8(7)11/h5,7-8H,1-4,6H2;7-8,10-11H,1-6H2. The van der Waals surface area contributed by atoms with Crippen LogP contribution >= 0.6 is 22.6 Å². The first-order chi connectivity index (χ1) is 12.2. The fourth-order valence-corrected chi connectivity index (χ4v) is 3.64. The summed E-state index contributed by atoms with van der Waals surface area (Å²) < 4.78 is 11.2. The van der Waals surface area contributed by atoms with Gasteiger partial charge in [0, 0.05) is 5.92 Å². The number of halogens is 1. The van der Waals surface area contributed by atoms with Crippen LogP contribution in [0.4, 0.5) is 0 Å². The summed E-state index contributed by atoms with van der Waals surface area (Å²) in [5.41, 5.74) is 2.79. The molecular weight excluding hydrogens is 439 g/mol. The summed E-state index contributed by atoms with van der Waals surface area (Å²) in [4.78, 5) is 19.5. The predicted octanol–water partition coefficient (Wildman–Crippen LogP) is 2.35. The lowest BCUT2D eigenvalue weighted by Gasteiger charge is -2.26. The summed E-state index contributed by atoms with van der Waals surface area (Å²) in [6, 6.07) is 0.274. The van der Waals surface area contributed by atoms with Gasteiger partial charge in [0.2, 0.25) is 0 Å². The average Bonchev–Trinajstić information content (AvgIpc) is 3.05. The molecule has 0 aromatic heterocycles. The lowest BCUT2D eigenvalue weighted by Crippen LogP contribution is -2.30. The summed E-state index contributed by atoms with van der Waals surface area (Å²) in [6.07, 6.45) is 10.1. The Morgan fingerprint density at radius 2 is 2.00 bits per heavy atom. The maximum atomic E-state index is 10.0. The van der Waals surface area contributed by atoms with Crippen LogP contribution in [-0.4, -0.2) is 53.5 Å². The van der Waals surface area contributed by atoms with Crippen molar-refractivity contribution in [3.63, 3.8) is 0 Å². The minimum absolute atomic E-state index is 0.0400. The molecule has 0 amide bonds. The number of carbonyl (C=O) groups is 1. The Morgan fingerprint density at radius 1 is 1.24 bits per heavy atom. The number of alkyl halides is 1. The van der Waals surface area contributed by atoms with Crippen molar-refractivity contribution in [3.05, 3.63) is 0 Å². The Bertz CT molecular complexity index is 424. The predicted molar refractivity (Wildman–Crippen MR) is 103 cm³/mol. The van der Waals surface area contributed by atoms with E-state index in [1.54, 1.807) is 0 Å². The lowest BCUT2D eigenvalue weighted by atomic mass is 9.87. The number of aliphatic hydroxyl groups is 1. The first-order valence-corrected chi connectivity index (χ1v) is 10.7. The second-order valence-electron chi connectivity index (χ2n) is 6.58. The average molecular weight is 468 g/mol. The Morgan fingerprint density at radius 3 is 2.72 bits per heavy atom. The van der Waals surface area contributed by atoms with Gasteiger partial charge >= 0.3 is 6.08 Å². The Balaban J connectivity index is 0.000000181. The van der Waals surface area contributed by atoms with E-state index in [0.717, 1.165) is 36.7 Å². The van der Waals surface area contributed by atoms with Gasteiger partial charge in [-0.25, -0.2) is 4.99 Å². The van der Waals surface area contributed by atoms with Crippen LogP contribution in [0.25, 0.3) is 0 Å². The molecule has 0 radical (unpaired) electrons. The molecule has 0 bridgehead atoms. The summed E-state index contributed by atoms with van der Waals surface area (Å²) >= 11 is 2.19. The molecule has 2 aliphatic carbocycles. The van der Waals surface area contributed by atoms with Crippen LogP contribution in [0.3, 0.4) is 0 Å². The van der Waals surface area contributed by atoms with Crippen LogP contribution in [0.15, 0.2) is 4.99 Å². The van der Waals surface area contributed by atoms with Crippen molar-refractivity contribution in [2.24, 2.45) is 10.9 Å². The summed E-state index contributed by atoms with van der Waals surface area (Å²) in [7, 11) is 0. The van der Waals surface area contributed by atoms with Crippen molar-refractivity contribution in [3.8, 4) is 0 Å². The van der Waals surface area contributed by atoms with Gasteiger partial charge in [0.15, 0.2) is 6.29 Å². The molecule has 1 heterocycles. The molecule has 3 aliphatic rings. The fraction of sp³-hybridized carbons (Fsp3) is 0.882. The van der Waals surface area contributed by atoms with Gasteiger partial charge < -0.3 is 19.4 Å². The number of aliphatic imine (C=N–C) groups is 1. The Labute approximate surface area is 163 Å². The van der Waals surface area contributed by atoms with Crippen LogP contribution in [0.2, 0.25) is 0 Å². The third-order valence-electron chi connectivity index (χ3n) is 4.79. The number of nitrogens with zero attached hydrogens (tertiary/aromatic N) is 1. The highest BCUT2D eigenvalue weighted by Gasteiger charge is 2.33. The summed E-state index contributed by atoms with van der Waals surface area (Å²) in [5, 5.41) is 9.56. The first-order valence-electron chi connectivity index (χ1n) is 9.14. The number of ether oxygens (including phenoxy) is 2. The zero-order chi connectivity index (χ0) is 17.9. The van der Waals surface area contributed by atoms with E-state index in [4.69, 9.17) is 14.3 Å². The van der Waals surface area contributed by atoms with Crippen molar-refractivity contribution in [2.45, 2.75) is 69.6 Å². The SMILES string of the molecule is O=CCOC1=NC2CCCCC2O1.OC1CCCCC1CONCI. The molecular formula is C17H29IN2O5. The molecule has 2 saturated carbocycles. The third kappa shape index (κ3) is 7.36. The van der Waals surface area contributed by atoms with E-state index in [9.17, 15) is 9.90 Å². The highest BCUT2D eigenvalue weighted by molar-refractivity contribution is 14.1. The van der Waals surface area contributed by atoms with Crippen LogP contribution in [0.1, 0.15) is 51.4 Å². The van der Waals surface area contributed by atoms with Gasteiger partial charge in [-0.2, -0.15) is 5.48 Å². The van der Waals surface area contributed by atoms with Gasteiger partial charge in [0.05, 0.1) is 23.3 Å². The number of hydrogen-bond donors (Lipinski definition) is 2. The number of hydroxylamine groups is 1. The first kappa shape index (κ1) is 20.9. The molecule has 0 saturated heterocycles. The van der Waals surface area contributed by atoms with Crippen molar-refractivity contribution in [1.82, 2.24) is 5.48 Å². The topological polar surface area (TPSA) is 89.4 Å². The minimum atomic E-state index is -0.144. The van der Waals surface area contributed by atoms with Crippen molar-refractivity contribution in [2.75, 3.05) is 17.8 Å². The second kappa shape index (κ2) is 12.0. The Kier molecular flexibility index (Phi) is 10.0. The number of rotatable bonds is 6. The highest BCUT2D eigenvalue weighted by Crippen LogP contribution is 2.28. The zero-order valence-electron chi connectivity index (χ0n) is 14.6. The van der Waals surface area contributed by atoms with Crippen LogP contribution in [0, 0.1) is 5.92 Å². The van der Waals surface area contributed by atoms with E-state index < -0.39 is 0 Å².